The molecule has 24 heavy (non-hydrogen) atoms. The minimum atomic E-state index is -0.183. The number of rotatable bonds is 3. The van der Waals surface area contributed by atoms with Gasteiger partial charge in [-0.25, -0.2) is 4.79 Å². The van der Waals surface area contributed by atoms with Gasteiger partial charge in [0.05, 0.1) is 12.1 Å². The van der Waals surface area contributed by atoms with Crippen LogP contribution in [0.2, 0.25) is 5.02 Å². The Hall–Kier alpha value is -2.20. The molecule has 2 N–H and O–H groups in total. The van der Waals surface area contributed by atoms with Gasteiger partial charge in [0.25, 0.3) is 0 Å². The van der Waals surface area contributed by atoms with Gasteiger partial charge < -0.3 is 15.3 Å². The fraction of sp³-hybridized carbons (Fsp3) is 0.316. The summed E-state index contributed by atoms with van der Waals surface area (Å²) in [6, 6.07) is 14.4. The van der Waals surface area contributed by atoms with Crippen molar-refractivity contribution in [3.8, 4) is 5.75 Å². The summed E-state index contributed by atoms with van der Waals surface area (Å²) in [5.41, 5.74) is 1.87. The summed E-state index contributed by atoms with van der Waals surface area (Å²) in [5.74, 6) is 0.198. The average Bonchev–Trinajstić information content (AvgIpc) is 3.04. The molecule has 0 aliphatic carbocycles. The van der Waals surface area contributed by atoms with Gasteiger partial charge in [-0.1, -0.05) is 41.9 Å². The monoisotopic (exact) mass is 344 g/mol. The first kappa shape index (κ1) is 16.7. The molecule has 1 heterocycles. The normalized spacial score (nSPS) is 18.4. The first-order valence-corrected chi connectivity index (χ1v) is 8.54. The number of phenolic OH excluding ortho intramolecular Hbond substituents is 1. The summed E-state index contributed by atoms with van der Waals surface area (Å²) < 4.78 is 0. The molecule has 1 fully saturated rings. The number of likely N-dealkylation sites (tertiary alicyclic amines) is 1. The number of nitrogens with zero attached hydrogens (tertiary/aromatic N) is 1. The number of hydrogen-bond acceptors (Lipinski definition) is 2. The number of halogens is 1. The molecule has 5 heteroatoms. The van der Waals surface area contributed by atoms with Crippen LogP contribution < -0.4 is 5.32 Å². The van der Waals surface area contributed by atoms with E-state index in [0.717, 1.165) is 24.0 Å². The fourth-order valence-corrected chi connectivity index (χ4v) is 3.49. The Balaban J connectivity index is 1.73. The van der Waals surface area contributed by atoms with E-state index in [1.165, 1.54) is 0 Å². The zero-order chi connectivity index (χ0) is 17.1. The highest BCUT2D eigenvalue weighted by molar-refractivity contribution is 6.31. The zero-order valence-corrected chi connectivity index (χ0v) is 14.3. The summed E-state index contributed by atoms with van der Waals surface area (Å²) in [6.45, 7) is 2.63. The maximum Gasteiger partial charge on any atom is 0.318 e. The second-order valence-electron chi connectivity index (χ2n) is 6.14. The van der Waals surface area contributed by atoms with Gasteiger partial charge in [-0.3, -0.25) is 0 Å². The average molecular weight is 345 g/mol. The molecule has 1 aliphatic heterocycles. The van der Waals surface area contributed by atoms with E-state index in [9.17, 15) is 9.90 Å². The summed E-state index contributed by atoms with van der Waals surface area (Å²) in [6.07, 6.45) is 1.88. The van der Waals surface area contributed by atoms with Crippen molar-refractivity contribution in [1.82, 2.24) is 10.2 Å². The third kappa shape index (κ3) is 3.49. The van der Waals surface area contributed by atoms with E-state index in [2.05, 4.69) is 5.32 Å². The van der Waals surface area contributed by atoms with Gasteiger partial charge in [0, 0.05) is 11.6 Å². The van der Waals surface area contributed by atoms with Crippen molar-refractivity contribution in [1.29, 1.82) is 0 Å². The summed E-state index contributed by atoms with van der Waals surface area (Å²) in [5, 5.41) is 13.3. The Morgan fingerprint density at radius 3 is 2.83 bits per heavy atom. The summed E-state index contributed by atoms with van der Waals surface area (Å²) in [4.78, 5) is 14.6. The van der Waals surface area contributed by atoms with Crippen LogP contribution in [0.1, 0.15) is 43.0 Å². The molecule has 126 valence electrons. The van der Waals surface area contributed by atoms with Crippen LogP contribution in [-0.2, 0) is 0 Å². The molecule has 0 bridgehead atoms. The van der Waals surface area contributed by atoms with Gasteiger partial charge in [-0.15, -0.1) is 0 Å². The Labute approximate surface area is 147 Å². The highest BCUT2D eigenvalue weighted by Crippen LogP contribution is 2.35. The van der Waals surface area contributed by atoms with Crippen molar-refractivity contribution in [2.45, 2.75) is 31.8 Å². The second-order valence-corrected chi connectivity index (χ2v) is 6.55. The molecule has 0 radical (unpaired) electrons. The van der Waals surface area contributed by atoms with Gasteiger partial charge >= 0.3 is 6.03 Å². The van der Waals surface area contributed by atoms with Crippen LogP contribution in [0, 0.1) is 0 Å². The molecule has 2 aromatic carbocycles. The molecule has 4 nitrogen and oxygen atoms in total. The molecule has 2 aromatic rings. The number of hydrogen-bond donors (Lipinski definition) is 2. The largest absolute Gasteiger partial charge is 0.508 e. The second kappa shape index (κ2) is 7.14. The smallest absolute Gasteiger partial charge is 0.318 e. The minimum Gasteiger partial charge on any atom is -0.508 e. The number of urea groups is 1. The van der Waals surface area contributed by atoms with Crippen molar-refractivity contribution in [2.75, 3.05) is 6.54 Å². The van der Waals surface area contributed by atoms with Crippen LogP contribution in [0.5, 0.6) is 5.75 Å². The van der Waals surface area contributed by atoms with E-state index in [0.29, 0.717) is 11.6 Å². The molecule has 0 saturated carbocycles. The number of carbonyl (C=O) groups is 1. The molecule has 1 aliphatic rings. The Morgan fingerprint density at radius 2 is 2.08 bits per heavy atom. The number of phenols is 1. The van der Waals surface area contributed by atoms with Crippen molar-refractivity contribution in [2.24, 2.45) is 0 Å². The van der Waals surface area contributed by atoms with Crippen molar-refractivity contribution >= 4 is 17.6 Å². The summed E-state index contributed by atoms with van der Waals surface area (Å²) >= 11 is 6.31. The van der Waals surface area contributed by atoms with Gasteiger partial charge in [0.15, 0.2) is 0 Å². The van der Waals surface area contributed by atoms with Crippen LogP contribution in [0.25, 0.3) is 0 Å². The highest BCUT2D eigenvalue weighted by atomic mass is 35.5. The van der Waals surface area contributed by atoms with Crippen LogP contribution in [0.15, 0.2) is 48.5 Å². The highest BCUT2D eigenvalue weighted by Gasteiger charge is 2.31. The quantitative estimate of drug-likeness (QED) is 0.851. The maximum atomic E-state index is 12.7. The van der Waals surface area contributed by atoms with E-state index in [1.54, 1.807) is 18.2 Å². The topological polar surface area (TPSA) is 52.6 Å². The van der Waals surface area contributed by atoms with E-state index >= 15 is 0 Å². The number of benzene rings is 2. The number of aromatic hydroxyl groups is 1. The van der Waals surface area contributed by atoms with Gasteiger partial charge in [-0.2, -0.15) is 0 Å². The third-order valence-electron chi connectivity index (χ3n) is 4.49. The predicted octanol–water partition coefficient (Wildman–Crippen LogP) is 4.65. The number of nitrogens with one attached hydrogen (secondary N) is 1. The molecule has 2 amide bonds. The Kier molecular flexibility index (Phi) is 4.95. The molecular weight excluding hydrogens is 324 g/mol. The van der Waals surface area contributed by atoms with Crippen molar-refractivity contribution < 1.29 is 9.90 Å². The molecule has 1 unspecified atom stereocenters. The number of carbonyl (C=O) groups excluding carboxylic acids is 1. The van der Waals surface area contributed by atoms with Crippen LogP contribution in [0.4, 0.5) is 4.79 Å². The lowest BCUT2D eigenvalue weighted by Gasteiger charge is -2.28. The first-order chi connectivity index (χ1) is 11.6. The lowest BCUT2D eigenvalue weighted by molar-refractivity contribution is 0.189. The van der Waals surface area contributed by atoms with E-state index in [-0.39, 0.29) is 23.9 Å². The van der Waals surface area contributed by atoms with Crippen LogP contribution in [-0.4, -0.2) is 22.6 Å². The molecular formula is C19H21ClN2O2. The minimum absolute atomic E-state index is 0.00933. The molecule has 1 saturated heterocycles. The van der Waals surface area contributed by atoms with E-state index in [4.69, 9.17) is 11.6 Å². The molecule has 2 atom stereocenters. The first-order valence-electron chi connectivity index (χ1n) is 8.17. The van der Waals surface area contributed by atoms with Crippen LogP contribution >= 0.6 is 11.6 Å². The standard InChI is InChI=1S/C19H21ClN2O2/c1-13(14-6-4-7-15(23)12-14)21-19(24)22-11-5-10-18(22)16-8-2-3-9-17(16)20/h2-4,6-9,12-13,18,23H,5,10-11H2,1H3,(H,21,24)/t13-,18?/m1/s1. The fourth-order valence-electron chi connectivity index (χ4n) is 3.22. The molecule has 0 spiro atoms. The van der Waals surface area contributed by atoms with E-state index in [1.807, 2.05) is 42.2 Å². The molecule has 0 aromatic heterocycles. The lowest BCUT2D eigenvalue weighted by Crippen LogP contribution is -2.40. The number of amides is 2. The third-order valence-corrected chi connectivity index (χ3v) is 4.83. The maximum absolute atomic E-state index is 12.7. The van der Waals surface area contributed by atoms with E-state index < -0.39 is 0 Å². The Morgan fingerprint density at radius 1 is 1.29 bits per heavy atom. The van der Waals surface area contributed by atoms with Gasteiger partial charge in [0.1, 0.15) is 5.75 Å². The van der Waals surface area contributed by atoms with Gasteiger partial charge in [-0.05, 0) is 49.1 Å². The Bertz CT molecular complexity index is 735. The summed E-state index contributed by atoms with van der Waals surface area (Å²) in [7, 11) is 0. The van der Waals surface area contributed by atoms with Crippen LogP contribution in [0.3, 0.4) is 0 Å². The van der Waals surface area contributed by atoms with Crippen molar-refractivity contribution in [3.05, 3.63) is 64.7 Å². The SMILES string of the molecule is C[C@@H](NC(=O)N1CCCC1c1ccccc1Cl)c1cccc(O)c1. The van der Waals surface area contributed by atoms with Gasteiger partial charge in [0.2, 0.25) is 0 Å². The predicted molar refractivity (Wildman–Crippen MR) is 95.2 cm³/mol. The lowest BCUT2D eigenvalue weighted by atomic mass is 10.0. The zero-order valence-electron chi connectivity index (χ0n) is 13.6. The molecule has 3 rings (SSSR count). The van der Waals surface area contributed by atoms with Crippen molar-refractivity contribution in [3.63, 3.8) is 0 Å².